The third kappa shape index (κ3) is 21.9. The highest BCUT2D eigenvalue weighted by atomic mass is 16.2. The Labute approximate surface area is 488 Å². The summed E-state index contributed by atoms with van der Waals surface area (Å²) in [5, 5.41) is 32.4. The van der Waals surface area contributed by atoms with Crippen LogP contribution in [-0.2, 0) is 62.4 Å². The number of hydrogen-bond donors (Lipinski definition) is 13. The van der Waals surface area contributed by atoms with Crippen molar-refractivity contribution >= 4 is 64.1 Å². The lowest BCUT2D eigenvalue weighted by Crippen LogP contribution is -2.66. The van der Waals surface area contributed by atoms with Crippen LogP contribution in [0.4, 0.5) is 0 Å². The van der Waals surface area contributed by atoms with Gasteiger partial charge >= 0.3 is 0 Å². The fraction of sp³-hybridized carbons (Fsp3) is 0.525. The molecular weight excluding hydrogens is 1060 g/mol. The highest BCUT2D eigenvalue weighted by Gasteiger charge is 2.41. The molecule has 9 amide bonds. The lowest BCUT2D eigenvalue weighted by Gasteiger charge is -2.34. The van der Waals surface area contributed by atoms with E-state index in [1.807, 2.05) is 66.7 Å². The number of carbonyl (C=O) groups is 9. The average molecular weight is 1150 g/mol. The molecule has 1 heterocycles. The smallest absolute Gasteiger partial charge is 0.246 e. The Morgan fingerprint density at radius 3 is 1.70 bits per heavy atom. The van der Waals surface area contributed by atoms with E-state index in [1.165, 1.54) is 48.5 Å². The molecule has 0 saturated heterocycles. The van der Waals surface area contributed by atoms with Gasteiger partial charge in [-0.3, -0.25) is 43.2 Å². The van der Waals surface area contributed by atoms with Crippen LogP contribution in [0.3, 0.4) is 0 Å². The van der Waals surface area contributed by atoms with E-state index in [4.69, 9.17) is 5.73 Å². The van der Waals surface area contributed by atoms with Crippen LogP contribution in [0.5, 0.6) is 0 Å². The molecule has 0 unspecified atom stereocenters. The highest BCUT2D eigenvalue weighted by molar-refractivity contribution is 6.00. The molecular formula is C61H91N13O9. The highest BCUT2D eigenvalue weighted by Crippen LogP contribution is 2.19. The molecule has 0 bridgehead atoms. The molecule has 0 fully saturated rings. The van der Waals surface area contributed by atoms with Crippen LogP contribution in [0.25, 0.3) is 10.9 Å². The van der Waals surface area contributed by atoms with Crippen molar-refractivity contribution in [3.05, 3.63) is 108 Å². The maximum Gasteiger partial charge on any atom is 0.246 e. The number of aromatic amines is 1. The monoisotopic (exact) mass is 1150 g/mol. The minimum atomic E-state index is -1.62. The molecule has 22 heteroatoms. The summed E-state index contributed by atoms with van der Waals surface area (Å²) in [4.78, 5) is 126. The largest absolute Gasteiger partial charge is 0.358 e. The van der Waals surface area contributed by atoms with Gasteiger partial charge in [0.15, 0.2) is 0 Å². The minimum Gasteiger partial charge on any atom is -0.358 e. The third-order valence-corrected chi connectivity index (χ3v) is 14.6. The van der Waals surface area contributed by atoms with Crippen LogP contribution >= 0.6 is 0 Å². The number of nitrogens with one attached hydrogen (secondary N) is 12. The summed E-state index contributed by atoms with van der Waals surface area (Å²) in [5.74, 6) is -5.79. The van der Waals surface area contributed by atoms with Gasteiger partial charge in [0, 0.05) is 43.6 Å². The Morgan fingerprint density at radius 1 is 0.542 bits per heavy atom. The molecule has 0 radical (unpaired) electrons. The fourth-order valence-electron chi connectivity index (χ4n) is 8.87. The summed E-state index contributed by atoms with van der Waals surface area (Å²) in [5.41, 5.74) is 2.69. The lowest BCUT2D eigenvalue weighted by atomic mass is 9.95. The molecule has 83 heavy (non-hydrogen) atoms. The first-order valence-electron chi connectivity index (χ1n) is 28.8. The summed E-state index contributed by atoms with van der Waals surface area (Å²) >= 11 is 0. The Bertz CT molecular complexity index is 2780. The second kappa shape index (κ2) is 32.2. The SMILES string of the molecule is CC[C@](C)(NC(=O)[C@H](C)NC(=O)C(C)(C)NC(=O)C(C)(C)NC(=O)[C@H](Cc1ccccc1)NC(C)=O)C(=O)NCC(=O)N[C@@H](Cc1cc2ccccc2[nH]1)C(=O)N[C@@](C)(CC)C(=O)N[C@H](CNCCCNCCCCN)Cc1ccccc1. The van der Waals surface area contributed by atoms with Gasteiger partial charge in [0.2, 0.25) is 53.2 Å². The van der Waals surface area contributed by atoms with Gasteiger partial charge in [-0.2, -0.15) is 0 Å². The molecule has 0 aliphatic rings. The van der Waals surface area contributed by atoms with Gasteiger partial charge < -0.3 is 69.2 Å². The molecule has 0 aliphatic carbocycles. The molecule has 4 rings (SSSR count). The number of amides is 9. The fourth-order valence-corrected chi connectivity index (χ4v) is 8.87. The first-order valence-corrected chi connectivity index (χ1v) is 28.8. The molecule has 0 saturated carbocycles. The third-order valence-electron chi connectivity index (χ3n) is 14.6. The number of rotatable bonds is 35. The number of benzene rings is 3. The lowest BCUT2D eigenvalue weighted by molar-refractivity contribution is -0.139. The summed E-state index contributed by atoms with van der Waals surface area (Å²) < 4.78 is 0. The van der Waals surface area contributed by atoms with Crippen molar-refractivity contribution in [2.75, 3.05) is 39.3 Å². The summed E-state index contributed by atoms with van der Waals surface area (Å²) in [6.07, 6.45) is 3.85. The number of H-pyrrole nitrogens is 1. The molecule has 0 spiro atoms. The molecule has 0 aliphatic heterocycles. The number of aromatic nitrogens is 1. The predicted octanol–water partition coefficient (Wildman–Crippen LogP) is 1.96. The van der Waals surface area contributed by atoms with Crippen molar-refractivity contribution in [3.63, 3.8) is 0 Å². The summed E-state index contributed by atoms with van der Waals surface area (Å²) in [6.45, 7) is 18.0. The van der Waals surface area contributed by atoms with Gasteiger partial charge in [0.25, 0.3) is 0 Å². The standard InChI is InChI=1S/C61H91N13O9/c1-11-60(9,72-51(77)40(3)66-54(80)58(5,6)74-55(81)59(7,8)71-52(78)48(67-41(4)75)35-43-26-17-14-18-27-43)56(82)65-39-50(76)70-49(37-45-36-44-28-19-20-29-47(44)68-45)53(79)73-61(10,12-2)57(83)69-46(34-42-24-15-13-16-25-42)38-64-33-23-32-63-31-22-21-30-62/h13-20,24-29,36,40,46,48-49,63-64,68H,11-12,21-23,30-35,37-39,62H2,1-10H3,(H,65,82)(H,66,80)(H,67,75)(H,69,83)(H,70,76)(H,71,78)(H,72,77)(H,73,79)(H,74,81)/t40-,46-,48-,49-,60-,61-/m0/s1. The second-order valence-corrected chi connectivity index (χ2v) is 22.7. The number of unbranched alkanes of at least 4 members (excludes halogenated alkanes) is 1. The molecule has 6 atom stereocenters. The topological polar surface area (TPSA) is 328 Å². The van der Waals surface area contributed by atoms with Gasteiger partial charge in [-0.15, -0.1) is 0 Å². The maximum absolute atomic E-state index is 14.5. The van der Waals surface area contributed by atoms with E-state index in [-0.39, 0.29) is 31.7 Å². The Hall–Kier alpha value is -7.69. The Kier molecular flexibility index (Phi) is 26.3. The number of hydrogen-bond acceptors (Lipinski definition) is 12. The van der Waals surface area contributed by atoms with Crippen molar-refractivity contribution in [1.29, 1.82) is 0 Å². The van der Waals surface area contributed by atoms with Gasteiger partial charge in [-0.25, -0.2) is 0 Å². The summed E-state index contributed by atoms with van der Waals surface area (Å²) in [6, 6.07) is 24.5. The molecule has 1 aromatic heterocycles. The van der Waals surface area contributed by atoms with Crippen LogP contribution in [0, 0.1) is 0 Å². The van der Waals surface area contributed by atoms with E-state index >= 15 is 0 Å². The number of para-hydroxylation sites is 1. The van der Waals surface area contributed by atoms with Crippen LogP contribution < -0.4 is 64.2 Å². The van der Waals surface area contributed by atoms with E-state index in [9.17, 15) is 43.2 Å². The summed E-state index contributed by atoms with van der Waals surface area (Å²) in [7, 11) is 0. The first-order chi connectivity index (χ1) is 39.2. The number of carbonyl (C=O) groups excluding carboxylic acids is 9. The van der Waals surface area contributed by atoms with E-state index in [1.54, 1.807) is 45.0 Å². The van der Waals surface area contributed by atoms with Crippen molar-refractivity contribution in [2.45, 2.75) is 167 Å². The number of fused-ring (bicyclic) bond motifs is 1. The Balaban J connectivity index is 1.39. The van der Waals surface area contributed by atoms with Gasteiger partial charge in [0.1, 0.15) is 40.3 Å². The quantitative estimate of drug-likeness (QED) is 0.0294. The van der Waals surface area contributed by atoms with Crippen LogP contribution in [0.2, 0.25) is 0 Å². The molecule has 22 nitrogen and oxygen atoms in total. The van der Waals surface area contributed by atoms with Crippen molar-refractivity contribution < 1.29 is 43.2 Å². The van der Waals surface area contributed by atoms with E-state index in [0.29, 0.717) is 25.2 Å². The van der Waals surface area contributed by atoms with Crippen molar-refractivity contribution in [2.24, 2.45) is 5.73 Å². The zero-order chi connectivity index (χ0) is 61.4. The van der Waals surface area contributed by atoms with Crippen LogP contribution in [0.15, 0.2) is 91.0 Å². The van der Waals surface area contributed by atoms with Gasteiger partial charge in [-0.05, 0) is 142 Å². The van der Waals surface area contributed by atoms with Gasteiger partial charge in [-0.1, -0.05) is 92.7 Å². The first kappa shape index (κ1) is 67.8. The van der Waals surface area contributed by atoms with E-state index < -0.39 is 100.0 Å². The molecule has 3 aromatic carbocycles. The molecule has 4 aromatic rings. The van der Waals surface area contributed by atoms with Crippen LogP contribution in [0.1, 0.15) is 118 Å². The average Bonchev–Trinajstić information content (AvgIpc) is 3.89. The van der Waals surface area contributed by atoms with E-state index in [2.05, 4.69) is 63.5 Å². The maximum atomic E-state index is 14.5. The van der Waals surface area contributed by atoms with Crippen LogP contribution in [-0.4, -0.2) is 144 Å². The van der Waals surface area contributed by atoms with Gasteiger partial charge in [0.05, 0.1) is 6.54 Å². The minimum absolute atomic E-state index is 0.000733. The molecule has 14 N–H and O–H groups in total. The zero-order valence-corrected chi connectivity index (χ0v) is 50.1. The van der Waals surface area contributed by atoms with Crippen molar-refractivity contribution in [3.8, 4) is 0 Å². The second-order valence-electron chi connectivity index (χ2n) is 22.7. The van der Waals surface area contributed by atoms with Crippen molar-refractivity contribution in [1.82, 2.24) is 63.5 Å². The van der Waals surface area contributed by atoms with E-state index in [0.717, 1.165) is 60.9 Å². The number of nitrogens with two attached hydrogens (primary N) is 1. The normalized spacial score (nSPS) is 14.4. The Morgan fingerprint density at radius 2 is 1.08 bits per heavy atom. The zero-order valence-electron chi connectivity index (χ0n) is 50.1. The molecule has 454 valence electrons. The predicted molar refractivity (Wildman–Crippen MR) is 321 cm³/mol.